The van der Waals surface area contributed by atoms with Crippen LogP contribution in [-0.4, -0.2) is 17.2 Å². The van der Waals surface area contributed by atoms with Gasteiger partial charge in [-0.2, -0.15) is 0 Å². The van der Waals surface area contributed by atoms with E-state index < -0.39 is 0 Å². The van der Waals surface area contributed by atoms with Crippen LogP contribution in [0.5, 0.6) is 0 Å². The second-order valence-corrected chi connectivity index (χ2v) is 4.94. The largest absolute Gasteiger partial charge is 0.350 e. The Kier molecular flexibility index (Phi) is 2.65. The van der Waals surface area contributed by atoms with Crippen molar-refractivity contribution in [1.82, 2.24) is 9.88 Å². The third-order valence-electron chi connectivity index (χ3n) is 3.82. The van der Waals surface area contributed by atoms with Crippen molar-refractivity contribution in [3.63, 3.8) is 0 Å². The zero-order valence-electron chi connectivity index (χ0n) is 10.2. The lowest BCUT2D eigenvalue weighted by atomic mass is 9.98. The molecule has 90 valence electrons. The zero-order chi connectivity index (χ0) is 11.8. The fourth-order valence-electron chi connectivity index (χ4n) is 2.87. The summed E-state index contributed by atoms with van der Waals surface area (Å²) in [6, 6.07) is 9.00. The number of hydrogen-bond acceptors (Lipinski definition) is 2. The van der Waals surface area contributed by atoms with Gasteiger partial charge in [0.1, 0.15) is 0 Å². The first kappa shape index (κ1) is 10.8. The summed E-state index contributed by atoms with van der Waals surface area (Å²) < 4.78 is 2.17. The number of para-hydroxylation sites is 1. The number of aromatic nitrogens is 1. The molecule has 3 nitrogen and oxygen atoms in total. The van der Waals surface area contributed by atoms with Crippen molar-refractivity contribution in [2.24, 2.45) is 12.8 Å². The van der Waals surface area contributed by atoms with Gasteiger partial charge in [-0.05, 0) is 31.0 Å². The number of hydrogen-bond donors (Lipinski definition) is 2. The standard InChI is InChI=1S/C14H19N3/c1-17-9-11(10-5-2-3-7-13(10)17)14(15)12-6-4-8-16-12/h2-3,5,7,9,12,14,16H,4,6,8,15H2,1H3. The second kappa shape index (κ2) is 4.17. The number of fused-ring (bicyclic) bond motifs is 1. The summed E-state index contributed by atoms with van der Waals surface area (Å²) in [6.45, 7) is 1.10. The van der Waals surface area contributed by atoms with E-state index in [0.29, 0.717) is 6.04 Å². The molecular formula is C14H19N3. The van der Waals surface area contributed by atoms with Gasteiger partial charge in [-0.1, -0.05) is 18.2 Å². The molecule has 2 unspecified atom stereocenters. The van der Waals surface area contributed by atoms with E-state index in [-0.39, 0.29) is 6.04 Å². The van der Waals surface area contributed by atoms with Crippen molar-refractivity contribution in [3.8, 4) is 0 Å². The van der Waals surface area contributed by atoms with Gasteiger partial charge in [-0.25, -0.2) is 0 Å². The van der Waals surface area contributed by atoms with Gasteiger partial charge < -0.3 is 15.6 Å². The molecule has 0 saturated carbocycles. The summed E-state index contributed by atoms with van der Waals surface area (Å²) in [5.41, 5.74) is 8.93. The topological polar surface area (TPSA) is 43.0 Å². The minimum atomic E-state index is 0.101. The van der Waals surface area contributed by atoms with Crippen LogP contribution >= 0.6 is 0 Å². The van der Waals surface area contributed by atoms with Gasteiger partial charge in [0.15, 0.2) is 0 Å². The van der Waals surface area contributed by atoms with Crippen LogP contribution in [0.3, 0.4) is 0 Å². The minimum absolute atomic E-state index is 0.101. The maximum absolute atomic E-state index is 6.40. The van der Waals surface area contributed by atoms with Gasteiger partial charge in [0.25, 0.3) is 0 Å². The number of nitrogens with two attached hydrogens (primary N) is 1. The van der Waals surface area contributed by atoms with E-state index >= 15 is 0 Å². The summed E-state index contributed by atoms with van der Waals surface area (Å²) in [5, 5.41) is 4.78. The summed E-state index contributed by atoms with van der Waals surface area (Å²) >= 11 is 0. The number of aryl methyl sites for hydroxylation is 1. The minimum Gasteiger partial charge on any atom is -0.350 e. The maximum atomic E-state index is 6.40. The Balaban J connectivity index is 2.04. The Bertz CT molecular complexity index is 523. The molecule has 3 rings (SSSR count). The van der Waals surface area contributed by atoms with Crippen LogP contribution in [0.1, 0.15) is 24.4 Å². The third kappa shape index (κ3) is 1.75. The van der Waals surface area contributed by atoms with Crippen LogP contribution in [0, 0.1) is 0 Å². The fraction of sp³-hybridized carbons (Fsp3) is 0.429. The molecule has 0 spiro atoms. The molecule has 0 amide bonds. The molecule has 2 heterocycles. The lowest BCUT2D eigenvalue weighted by Gasteiger charge is -2.18. The van der Waals surface area contributed by atoms with E-state index in [4.69, 9.17) is 5.73 Å². The van der Waals surface area contributed by atoms with Gasteiger partial charge in [0.2, 0.25) is 0 Å². The highest BCUT2D eigenvalue weighted by atomic mass is 15.0. The molecule has 2 atom stereocenters. The smallest absolute Gasteiger partial charge is 0.0481 e. The average Bonchev–Trinajstić information content (AvgIpc) is 2.97. The van der Waals surface area contributed by atoms with Crippen LogP contribution in [0.25, 0.3) is 10.9 Å². The van der Waals surface area contributed by atoms with Crippen LogP contribution in [-0.2, 0) is 7.05 Å². The van der Waals surface area contributed by atoms with Gasteiger partial charge in [0, 0.05) is 36.2 Å². The van der Waals surface area contributed by atoms with Gasteiger partial charge in [-0.15, -0.1) is 0 Å². The van der Waals surface area contributed by atoms with Crippen molar-refractivity contribution in [3.05, 3.63) is 36.0 Å². The van der Waals surface area contributed by atoms with E-state index in [1.54, 1.807) is 0 Å². The maximum Gasteiger partial charge on any atom is 0.0481 e. The van der Waals surface area contributed by atoms with E-state index in [1.165, 1.54) is 29.3 Å². The highest BCUT2D eigenvalue weighted by Gasteiger charge is 2.24. The van der Waals surface area contributed by atoms with Crippen LogP contribution in [0.2, 0.25) is 0 Å². The molecule has 1 saturated heterocycles. The molecular weight excluding hydrogens is 210 g/mol. The van der Waals surface area contributed by atoms with Crippen molar-refractivity contribution in [2.75, 3.05) is 6.54 Å². The van der Waals surface area contributed by atoms with E-state index in [2.05, 4.69) is 47.4 Å². The Hall–Kier alpha value is -1.32. The number of nitrogens with one attached hydrogen (secondary N) is 1. The predicted molar refractivity (Wildman–Crippen MR) is 70.9 cm³/mol. The van der Waals surface area contributed by atoms with Crippen molar-refractivity contribution >= 4 is 10.9 Å². The molecule has 1 aliphatic heterocycles. The summed E-state index contributed by atoms with van der Waals surface area (Å²) in [4.78, 5) is 0. The molecule has 0 aliphatic carbocycles. The predicted octanol–water partition coefficient (Wildman–Crippen LogP) is 1.93. The molecule has 3 N–H and O–H groups in total. The Morgan fingerprint density at radius 1 is 1.41 bits per heavy atom. The lowest BCUT2D eigenvalue weighted by Crippen LogP contribution is -2.34. The Morgan fingerprint density at radius 2 is 2.24 bits per heavy atom. The molecule has 1 aliphatic rings. The summed E-state index contributed by atoms with van der Waals surface area (Å²) in [6.07, 6.45) is 4.60. The summed E-state index contributed by atoms with van der Waals surface area (Å²) in [5.74, 6) is 0. The molecule has 1 aromatic heterocycles. The number of rotatable bonds is 2. The zero-order valence-corrected chi connectivity index (χ0v) is 10.2. The highest BCUT2D eigenvalue weighted by molar-refractivity contribution is 5.84. The molecule has 1 aromatic carbocycles. The normalized spacial score (nSPS) is 22.1. The van der Waals surface area contributed by atoms with Crippen LogP contribution in [0.15, 0.2) is 30.5 Å². The molecule has 1 fully saturated rings. The van der Waals surface area contributed by atoms with E-state index in [1.807, 2.05) is 0 Å². The highest BCUT2D eigenvalue weighted by Crippen LogP contribution is 2.28. The van der Waals surface area contributed by atoms with Crippen molar-refractivity contribution in [1.29, 1.82) is 0 Å². The lowest BCUT2D eigenvalue weighted by molar-refractivity contribution is 0.502. The van der Waals surface area contributed by atoms with Gasteiger partial charge in [-0.3, -0.25) is 0 Å². The van der Waals surface area contributed by atoms with Crippen LogP contribution in [0.4, 0.5) is 0 Å². The molecule has 3 heteroatoms. The first-order chi connectivity index (χ1) is 8.27. The fourth-order valence-corrected chi connectivity index (χ4v) is 2.87. The molecule has 17 heavy (non-hydrogen) atoms. The van der Waals surface area contributed by atoms with Crippen molar-refractivity contribution in [2.45, 2.75) is 24.9 Å². The Morgan fingerprint density at radius 3 is 3.00 bits per heavy atom. The summed E-state index contributed by atoms with van der Waals surface area (Å²) in [7, 11) is 2.08. The number of nitrogens with zero attached hydrogens (tertiary/aromatic N) is 1. The second-order valence-electron chi connectivity index (χ2n) is 4.94. The SMILES string of the molecule is Cn1cc(C(N)C2CCCN2)c2ccccc21. The first-order valence-electron chi connectivity index (χ1n) is 6.30. The monoisotopic (exact) mass is 229 g/mol. The number of benzene rings is 1. The quantitative estimate of drug-likeness (QED) is 0.826. The van der Waals surface area contributed by atoms with E-state index in [9.17, 15) is 0 Å². The van der Waals surface area contributed by atoms with Gasteiger partial charge in [0.05, 0.1) is 0 Å². The first-order valence-corrected chi connectivity index (χ1v) is 6.30. The van der Waals surface area contributed by atoms with E-state index in [0.717, 1.165) is 6.54 Å². The molecule has 0 radical (unpaired) electrons. The third-order valence-corrected chi connectivity index (χ3v) is 3.82. The molecule has 0 bridgehead atoms. The van der Waals surface area contributed by atoms with Crippen molar-refractivity contribution < 1.29 is 0 Å². The van der Waals surface area contributed by atoms with Gasteiger partial charge >= 0.3 is 0 Å². The Labute approximate surface area is 102 Å². The molecule has 2 aromatic rings. The average molecular weight is 229 g/mol. The van der Waals surface area contributed by atoms with Crippen LogP contribution < -0.4 is 11.1 Å².